The first-order chi connectivity index (χ1) is 12.7. The Morgan fingerprint density at radius 1 is 1.26 bits per heavy atom. The standard InChI is InChI=1S/C20H23ClN2O3S/c1-4-18(20(24)22-12-11-15-7-5-6-8-19(15)22)23(27(3,25)26)16-10-9-14(2)17(21)13-16/h5-10,13,18H,4,11-12H2,1-3H3/t18-/m0/s1. The van der Waals surface area contributed by atoms with Crippen molar-refractivity contribution < 1.29 is 13.2 Å². The van der Waals surface area contributed by atoms with Crippen molar-refractivity contribution in [1.29, 1.82) is 0 Å². The maximum Gasteiger partial charge on any atom is 0.250 e. The summed E-state index contributed by atoms with van der Waals surface area (Å²) in [5.74, 6) is -0.218. The molecule has 144 valence electrons. The average Bonchev–Trinajstić information content (AvgIpc) is 3.04. The Bertz CT molecular complexity index is 975. The van der Waals surface area contributed by atoms with Crippen LogP contribution in [0.2, 0.25) is 5.02 Å². The lowest BCUT2D eigenvalue weighted by Crippen LogP contribution is -2.50. The van der Waals surface area contributed by atoms with Crippen LogP contribution in [0.4, 0.5) is 11.4 Å². The highest BCUT2D eigenvalue weighted by molar-refractivity contribution is 7.92. The van der Waals surface area contributed by atoms with Crippen LogP contribution in [-0.2, 0) is 21.2 Å². The molecule has 27 heavy (non-hydrogen) atoms. The number of hydrogen-bond acceptors (Lipinski definition) is 3. The summed E-state index contributed by atoms with van der Waals surface area (Å²) in [7, 11) is -3.68. The van der Waals surface area contributed by atoms with Gasteiger partial charge < -0.3 is 4.90 Å². The number of amides is 1. The van der Waals surface area contributed by atoms with E-state index < -0.39 is 16.1 Å². The van der Waals surface area contributed by atoms with Crippen molar-refractivity contribution in [3.05, 3.63) is 58.6 Å². The third-order valence-electron chi connectivity index (χ3n) is 4.88. The molecule has 5 nitrogen and oxygen atoms in total. The number of fused-ring (bicyclic) bond motifs is 1. The maximum absolute atomic E-state index is 13.3. The van der Waals surface area contributed by atoms with Crippen LogP contribution < -0.4 is 9.21 Å². The molecular formula is C20H23ClN2O3S. The van der Waals surface area contributed by atoms with Gasteiger partial charge in [-0.25, -0.2) is 8.42 Å². The summed E-state index contributed by atoms with van der Waals surface area (Å²) < 4.78 is 26.4. The maximum atomic E-state index is 13.3. The fourth-order valence-electron chi connectivity index (χ4n) is 3.51. The van der Waals surface area contributed by atoms with E-state index in [1.807, 2.05) is 38.1 Å². The van der Waals surface area contributed by atoms with Gasteiger partial charge in [0, 0.05) is 17.3 Å². The zero-order valence-electron chi connectivity index (χ0n) is 15.6. The van der Waals surface area contributed by atoms with Gasteiger partial charge in [0.1, 0.15) is 6.04 Å². The Balaban J connectivity index is 2.02. The number of carbonyl (C=O) groups is 1. The predicted octanol–water partition coefficient (Wildman–Crippen LogP) is 3.78. The Hall–Kier alpha value is -2.05. The van der Waals surface area contributed by atoms with Crippen molar-refractivity contribution >= 4 is 38.9 Å². The number of carbonyl (C=O) groups excluding carboxylic acids is 1. The number of para-hydroxylation sites is 1. The molecule has 0 aliphatic carbocycles. The highest BCUT2D eigenvalue weighted by Crippen LogP contribution is 2.32. The minimum Gasteiger partial charge on any atom is -0.310 e. The lowest BCUT2D eigenvalue weighted by atomic mass is 10.1. The topological polar surface area (TPSA) is 57.7 Å². The Morgan fingerprint density at radius 3 is 2.59 bits per heavy atom. The number of halogens is 1. The molecule has 1 aliphatic rings. The van der Waals surface area contributed by atoms with Gasteiger partial charge >= 0.3 is 0 Å². The van der Waals surface area contributed by atoms with E-state index in [0.717, 1.165) is 29.5 Å². The summed E-state index contributed by atoms with van der Waals surface area (Å²) in [4.78, 5) is 15.0. The fraction of sp³-hybridized carbons (Fsp3) is 0.350. The third kappa shape index (κ3) is 3.82. The van der Waals surface area contributed by atoms with Crippen molar-refractivity contribution in [3.63, 3.8) is 0 Å². The van der Waals surface area contributed by atoms with Gasteiger partial charge in [-0.05, 0) is 49.1 Å². The van der Waals surface area contributed by atoms with Gasteiger partial charge in [-0.2, -0.15) is 0 Å². The van der Waals surface area contributed by atoms with Gasteiger partial charge in [-0.15, -0.1) is 0 Å². The second kappa shape index (κ2) is 7.52. The van der Waals surface area contributed by atoms with Crippen LogP contribution in [0.3, 0.4) is 0 Å². The summed E-state index contributed by atoms with van der Waals surface area (Å²) in [5.41, 5.74) is 3.21. The molecule has 0 bridgehead atoms. The largest absolute Gasteiger partial charge is 0.310 e. The lowest BCUT2D eigenvalue weighted by Gasteiger charge is -2.33. The van der Waals surface area contributed by atoms with Crippen LogP contribution in [0.25, 0.3) is 0 Å². The molecule has 2 aromatic rings. The molecule has 7 heteroatoms. The van der Waals surface area contributed by atoms with E-state index in [4.69, 9.17) is 11.6 Å². The van der Waals surface area contributed by atoms with Crippen LogP contribution in [0, 0.1) is 6.92 Å². The molecular weight excluding hydrogens is 384 g/mol. The van der Waals surface area contributed by atoms with E-state index in [2.05, 4.69) is 0 Å². The van der Waals surface area contributed by atoms with E-state index in [-0.39, 0.29) is 5.91 Å². The molecule has 0 unspecified atom stereocenters. The molecule has 1 amide bonds. The summed E-state index contributed by atoms with van der Waals surface area (Å²) in [6.07, 6.45) is 2.25. The van der Waals surface area contributed by atoms with E-state index in [1.54, 1.807) is 23.1 Å². The highest BCUT2D eigenvalue weighted by atomic mass is 35.5. The van der Waals surface area contributed by atoms with Gasteiger partial charge in [-0.1, -0.05) is 42.8 Å². The Morgan fingerprint density at radius 2 is 1.96 bits per heavy atom. The number of rotatable bonds is 5. The fourth-order valence-corrected chi connectivity index (χ4v) is 4.88. The van der Waals surface area contributed by atoms with Gasteiger partial charge in [0.15, 0.2) is 0 Å². The van der Waals surface area contributed by atoms with Crippen molar-refractivity contribution in [1.82, 2.24) is 0 Å². The number of benzene rings is 2. The second-order valence-electron chi connectivity index (χ2n) is 6.78. The van der Waals surface area contributed by atoms with Crippen LogP contribution in [0.5, 0.6) is 0 Å². The quantitative estimate of drug-likeness (QED) is 0.759. The number of anilines is 2. The number of hydrogen-bond donors (Lipinski definition) is 0. The first-order valence-electron chi connectivity index (χ1n) is 8.89. The molecule has 0 saturated carbocycles. The number of aryl methyl sites for hydroxylation is 1. The minimum atomic E-state index is -3.68. The monoisotopic (exact) mass is 406 g/mol. The molecule has 2 aromatic carbocycles. The van der Waals surface area contributed by atoms with Gasteiger partial charge in [-0.3, -0.25) is 9.10 Å². The molecule has 0 fully saturated rings. The first kappa shape index (κ1) is 19.7. The second-order valence-corrected chi connectivity index (χ2v) is 9.05. The Kier molecular flexibility index (Phi) is 5.49. The van der Waals surface area contributed by atoms with Crippen LogP contribution in [0.15, 0.2) is 42.5 Å². The molecule has 1 atom stereocenters. The van der Waals surface area contributed by atoms with Gasteiger partial charge in [0.25, 0.3) is 5.91 Å². The van der Waals surface area contributed by atoms with Crippen molar-refractivity contribution in [3.8, 4) is 0 Å². The SMILES string of the molecule is CC[C@@H](C(=O)N1CCc2ccccc21)N(c1ccc(C)c(Cl)c1)S(C)(=O)=O. The molecule has 3 rings (SSSR count). The molecule has 0 saturated heterocycles. The zero-order valence-corrected chi connectivity index (χ0v) is 17.2. The van der Waals surface area contributed by atoms with Crippen LogP contribution in [0.1, 0.15) is 24.5 Å². The van der Waals surface area contributed by atoms with Gasteiger partial charge in [0.05, 0.1) is 11.9 Å². The molecule has 0 radical (unpaired) electrons. The Labute approximate surface area is 165 Å². The van der Waals surface area contributed by atoms with Crippen molar-refractivity contribution in [2.75, 3.05) is 22.0 Å². The summed E-state index contributed by atoms with van der Waals surface area (Å²) >= 11 is 6.21. The summed E-state index contributed by atoms with van der Waals surface area (Å²) in [6, 6.07) is 12.0. The van der Waals surface area contributed by atoms with E-state index in [1.165, 1.54) is 4.31 Å². The number of nitrogens with zero attached hydrogens (tertiary/aromatic N) is 2. The summed E-state index contributed by atoms with van der Waals surface area (Å²) in [5, 5.41) is 0.468. The number of sulfonamides is 1. The van der Waals surface area contributed by atoms with Gasteiger partial charge in [0.2, 0.25) is 10.0 Å². The van der Waals surface area contributed by atoms with E-state index in [9.17, 15) is 13.2 Å². The molecule has 0 N–H and O–H groups in total. The predicted molar refractivity (Wildman–Crippen MR) is 110 cm³/mol. The minimum absolute atomic E-state index is 0.218. The van der Waals surface area contributed by atoms with Crippen LogP contribution >= 0.6 is 11.6 Å². The van der Waals surface area contributed by atoms with Crippen molar-refractivity contribution in [2.24, 2.45) is 0 Å². The smallest absolute Gasteiger partial charge is 0.250 e. The lowest BCUT2D eigenvalue weighted by molar-refractivity contribution is -0.119. The van der Waals surface area contributed by atoms with Crippen molar-refractivity contribution in [2.45, 2.75) is 32.7 Å². The molecule has 1 aliphatic heterocycles. The average molecular weight is 407 g/mol. The van der Waals surface area contributed by atoms with E-state index >= 15 is 0 Å². The third-order valence-corrected chi connectivity index (χ3v) is 6.46. The highest BCUT2D eigenvalue weighted by Gasteiger charge is 2.36. The molecule has 0 spiro atoms. The zero-order chi connectivity index (χ0) is 19.8. The molecule has 1 heterocycles. The molecule has 0 aromatic heterocycles. The summed E-state index contributed by atoms with van der Waals surface area (Å²) in [6.45, 7) is 4.22. The van der Waals surface area contributed by atoms with E-state index in [0.29, 0.717) is 23.7 Å². The van der Waals surface area contributed by atoms with Crippen LogP contribution in [-0.4, -0.2) is 33.2 Å². The first-order valence-corrected chi connectivity index (χ1v) is 11.1. The normalized spacial score (nSPS) is 14.7.